The van der Waals surface area contributed by atoms with Crippen LogP contribution in [0.1, 0.15) is 11.1 Å². The Morgan fingerprint density at radius 1 is 1.14 bits per heavy atom. The van der Waals surface area contributed by atoms with Crippen LogP contribution in [-0.2, 0) is 16.4 Å². The van der Waals surface area contributed by atoms with Crippen LogP contribution in [0.4, 0.5) is 11.4 Å². The zero-order valence-electron chi connectivity index (χ0n) is 11.8. The second kappa shape index (κ2) is 6.15. The van der Waals surface area contributed by atoms with Crippen molar-refractivity contribution in [2.45, 2.75) is 18.2 Å². The van der Waals surface area contributed by atoms with Gasteiger partial charge in [-0.2, -0.15) is 0 Å². The fourth-order valence-corrected chi connectivity index (χ4v) is 2.65. The Morgan fingerprint density at radius 3 is 2.48 bits per heavy atom. The van der Waals surface area contributed by atoms with Gasteiger partial charge in [-0.25, -0.2) is 13.6 Å². The fourth-order valence-electron chi connectivity index (χ4n) is 2.10. The summed E-state index contributed by atoms with van der Waals surface area (Å²) in [7, 11) is -3.72. The number of primary sulfonamides is 1. The summed E-state index contributed by atoms with van der Waals surface area (Å²) in [5.74, 6) is 0. The van der Waals surface area contributed by atoms with Gasteiger partial charge in [0.15, 0.2) is 0 Å². The lowest BCUT2D eigenvalue weighted by atomic mass is 10.1. The van der Waals surface area contributed by atoms with Gasteiger partial charge >= 0.3 is 0 Å². The predicted molar refractivity (Wildman–Crippen MR) is 85.6 cm³/mol. The molecule has 0 saturated heterocycles. The van der Waals surface area contributed by atoms with Crippen molar-refractivity contribution < 1.29 is 8.42 Å². The highest BCUT2D eigenvalue weighted by atomic mass is 32.2. The molecule has 0 aliphatic rings. The highest BCUT2D eigenvalue weighted by Gasteiger charge is 2.09. The molecule has 2 rings (SSSR count). The lowest BCUT2D eigenvalue weighted by Crippen LogP contribution is -2.13. The SMILES string of the molecule is Cc1ccccc1CCNc1ccc(S(N)(=O)=O)cc1N. The van der Waals surface area contributed by atoms with E-state index in [1.165, 1.54) is 23.3 Å². The van der Waals surface area contributed by atoms with Gasteiger partial charge in [0.1, 0.15) is 0 Å². The van der Waals surface area contributed by atoms with E-state index in [2.05, 4.69) is 24.4 Å². The van der Waals surface area contributed by atoms with Crippen LogP contribution in [0.5, 0.6) is 0 Å². The summed E-state index contributed by atoms with van der Waals surface area (Å²) in [6.07, 6.45) is 0.864. The minimum atomic E-state index is -3.72. The molecule has 21 heavy (non-hydrogen) atoms. The van der Waals surface area contributed by atoms with Gasteiger partial charge in [0.2, 0.25) is 10.0 Å². The van der Waals surface area contributed by atoms with Gasteiger partial charge < -0.3 is 11.1 Å². The van der Waals surface area contributed by atoms with E-state index in [4.69, 9.17) is 10.9 Å². The van der Waals surface area contributed by atoms with E-state index in [0.29, 0.717) is 17.9 Å². The van der Waals surface area contributed by atoms with Crippen molar-refractivity contribution in [3.63, 3.8) is 0 Å². The molecule has 5 nitrogen and oxygen atoms in total. The number of nitrogens with two attached hydrogens (primary N) is 2. The normalized spacial score (nSPS) is 11.3. The molecule has 0 aromatic heterocycles. The molecular weight excluding hydrogens is 286 g/mol. The van der Waals surface area contributed by atoms with E-state index in [0.717, 1.165) is 6.42 Å². The maximum Gasteiger partial charge on any atom is 0.238 e. The van der Waals surface area contributed by atoms with Crippen LogP contribution >= 0.6 is 0 Å². The van der Waals surface area contributed by atoms with Gasteiger partial charge in [-0.15, -0.1) is 0 Å². The zero-order valence-corrected chi connectivity index (χ0v) is 12.7. The topological polar surface area (TPSA) is 98.2 Å². The second-order valence-electron chi connectivity index (χ2n) is 4.90. The quantitative estimate of drug-likeness (QED) is 0.734. The van der Waals surface area contributed by atoms with E-state index < -0.39 is 10.0 Å². The number of anilines is 2. The van der Waals surface area contributed by atoms with Crippen molar-refractivity contribution in [3.8, 4) is 0 Å². The molecule has 5 N–H and O–H groups in total. The van der Waals surface area contributed by atoms with E-state index in [9.17, 15) is 8.42 Å². The van der Waals surface area contributed by atoms with Crippen molar-refractivity contribution in [1.82, 2.24) is 0 Å². The van der Waals surface area contributed by atoms with Crippen molar-refractivity contribution in [1.29, 1.82) is 0 Å². The molecular formula is C15H19N3O2S. The van der Waals surface area contributed by atoms with Crippen molar-refractivity contribution in [2.24, 2.45) is 5.14 Å². The highest BCUT2D eigenvalue weighted by Crippen LogP contribution is 2.22. The number of nitrogens with one attached hydrogen (secondary N) is 1. The average Bonchev–Trinajstić information content (AvgIpc) is 2.41. The molecule has 0 aliphatic heterocycles. The summed E-state index contributed by atoms with van der Waals surface area (Å²) >= 11 is 0. The molecule has 2 aromatic rings. The number of benzene rings is 2. The smallest absolute Gasteiger partial charge is 0.238 e. The molecule has 0 atom stereocenters. The molecule has 0 unspecified atom stereocenters. The largest absolute Gasteiger partial charge is 0.397 e. The molecule has 0 saturated carbocycles. The Labute approximate surface area is 125 Å². The Balaban J connectivity index is 2.03. The molecule has 0 heterocycles. The molecule has 0 amide bonds. The first-order chi connectivity index (χ1) is 9.88. The van der Waals surface area contributed by atoms with Crippen LogP contribution < -0.4 is 16.2 Å². The summed E-state index contributed by atoms with van der Waals surface area (Å²) in [5, 5.41) is 8.27. The first-order valence-corrected chi connectivity index (χ1v) is 8.13. The fraction of sp³-hybridized carbons (Fsp3) is 0.200. The second-order valence-corrected chi connectivity index (χ2v) is 6.46. The number of sulfonamides is 1. The monoisotopic (exact) mass is 305 g/mol. The summed E-state index contributed by atoms with van der Waals surface area (Å²) < 4.78 is 22.5. The first kappa shape index (κ1) is 15.3. The third-order valence-corrected chi connectivity index (χ3v) is 4.23. The minimum absolute atomic E-state index is 0.0180. The Kier molecular flexibility index (Phi) is 4.50. The lowest BCUT2D eigenvalue weighted by Gasteiger charge is -2.11. The molecule has 0 aliphatic carbocycles. The van der Waals surface area contributed by atoms with Gasteiger partial charge in [0, 0.05) is 6.54 Å². The van der Waals surface area contributed by atoms with Gasteiger partial charge in [-0.1, -0.05) is 24.3 Å². The molecule has 112 valence electrons. The number of aryl methyl sites for hydroxylation is 1. The molecule has 0 radical (unpaired) electrons. The Hall–Kier alpha value is -2.05. The third-order valence-electron chi connectivity index (χ3n) is 3.32. The lowest BCUT2D eigenvalue weighted by molar-refractivity contribution is 0.598. The molecule has 0 spiro atoms. The minimum Gasteiger partial charge on any atom is -0.397 e. The van der Waals surface area contributed by atoms with Gasteiger partial charge in [-0.3, -0.25) is 0 Å². The van der Waals surface area contributed by atoms with Crippen molar-refractivity contribution >= 4 is 21.4 Å². The number of hydrogen-bond acceptors (Lipinski definition) is 4. The van der Waals surface area contributed by atoms with Crippen molar-refractivity contribution in [3.05, 3.63) is 53.6 Å². The van der Waals surface area contributed by atoms with Crippen LogP contribution in [0.15, 0.2) is 47.4 Å². The molecule has 6 heteroatoms. The molecule has 0 bridgehead atoms. The van der Waals surface area contributed by atoms with Crippen LogP contribution in [-0.4, -0.2) is 15.0 Å². The van der Waals surface area contributed by atoms with Gasteiger partial charge in [0.25, 0.3) is 0 Å². The standard InChI is InChI=1S/C15H19N3O2S/c1-11-4-2-3-5-12(11)8-9-18-15-7-6-13(10-14(15)16)21(17,19)20/h2-7,10,18H,8-9,16H2,1H3,(H2,17,19,20). The van der Waals surface area contributed by atoms with Crippen molar-refractivity contribution in [2.75, 3.05) is 17.6 Å². The summed E-state index contributed by atoms with van der Waals surface area (Å²) in [6.45, 7) is 2.79. The Morgan fingerprint density at radius 2 is 1.86 bits per heavy atom. The highest BCUT2D eigenvalue weighted by molar-refractivity contribution is 7.89. The van der Waals surface area contributed by atoms with E-state index in [1.54, 1.807) is 6.07 Å². The van der Waals surface area contributed by atoms with E-state index in [1.807, 2.05) is 12.1 Å². The number of rotatable bonds is 5. The number of nitrogen functional groups attached to an aromatic ring is 1. The molecule has 0 fully saturated rings. The Bertz CT molecular complexity index is 742. The van der Waals surface area contributed by atoms with Crippen LogP contribution in [0.25, 0.3) is 0 Å². The first-order valence-electron chi connectivity index (χ1n) is 6.58. The van der Waals surface area contributed by atoms with Gasteiger partial charge in [0.05, 0.1) is 16.3 Å². The summed E-state index contributed by atoms with van der Waals surface area (Å²) in [6, 6.07) is 12.6. The van der Waals surface area contributed by atoms with Crippen LogP contribution in [0, 0.1) is 6.92 Å². The van der Waals surface area contributed by atoms with Crippen LogP contribution in [0.3, 0.4) is 0 Å². The third kappa shape index (κ3) is 3.96. The summed E-state index contributed by atoms with van der Waals surface area (Å²) in [5.41, 5.74) is 9.43. The summed E-state index contributed by atoms with van der Waals surface area (Å²) in [4.78, 5) is 0.0180. The van der Waals surface area contributed by atoms with Crippen LogP contribution in [0.2, 0.25) is 0 Å². The molecule has 2 aromatic carbocycles. The predicted octanol–water partition coefficient (Wildman–Crippen LogP) is 1.88. The van der Waals surface area contributed by atoms with E-state index in [-0.39, 0.29) is 4.90 Å². The maximum atomic E-state index is 11.2. The maximum absolute atomic E-state index is 11.2. The van der Waals surface area contributed by atoms with E-state index >= 15 is 0 Å². The average molecular weight is 305 g/mol. The van der Waals surface area contributed by atoms with Gasteiger partial charge in [-0.05, 0) is 42.7 Å². The number of hydrogen-bond donors (Lipinski definition) is 3. The zero-order chi connectivity index (χ0) is 15.5.